The fraction of sp³-hybridized carbons (Fsp3) is 0.500. The number of rotatable bonds is 7. The number of aryl methyl sites for hydroxylation is 1. The van der Waals surface area contributed by atoms with Crippen LogP contribution in [0.5, 0.6) is 0 Å². The molecule has 16 heavy (non-hydrogen) atoms. The summed E-state index contributed by atoms with van der Waals surface area (Å²) in [4.78, 5) is 20.9. The van der Waals surface area contributed by atoms with Crippen molar-refractivity contribution >= 4 is 23.6 Å². The molecule has 0 saturated heterocycles. The molecule has 0 atom stereocenters. The number of hydrogen-bond donors (Lipinski definition) is 2. The number of amides is 1. The zero-order valence-corrected chi connectivity index (χ0v) is 9.31. The maximum absolute atomic E-state index is 10.5. The molecular weight excluding hydrogens is 232 g/mol. The second-order valence-electron chi connectivity index (χ2n) is 3.06. The number of aliphatic carboxylic acids is 1. The minimum absolute atomic E-state index is 0.0610. The van der Waals surface area contributed by atoms with Gasteiger partial charge in [-0.25, -0.2) is 0 Å². The molecule has 0 aromatic carbocycles. The van der Waals surface area contributed by atoms with Crippen LogP contribution in [0.15, 0.2) is 11.5 Å². The van der Waals surface area contributed by atoms with E-state index in [1.165, 1.54) is 6.33 Å². The van der Waals surface area contributed by atoms with E-state index in [1.54, 1.807) is 4.57 Å². The molecule has 0 radical (unpaired) electrons. The SMILES string of the molecule is NC(=O)CCCn1cnnc1SCC(=O)O. The summed E-state index contributed by atoms with van der Waals surface area (Å²) in [5.41, 5.74) is 5.01. The standard InChI is InChI=1S/C8H12N4O3S/c9-6(13)2-1-3-12-5-10-11-8(12)16-4-7(14)15/h5H,1-4H2,(H2,9,13)(H,14,15). The second kappa shape index (κ2) is 6.11. The van der Waals surface area contributed by atoms with Crippen LogP contribution >= 0.6 is 11.8 Å². The molecule has 0 unspecified atom stereocenters. The fourth-order valence-electron chi connectivity index (χ4n) is 1.06. The lowest BCUT2D eigenvalue weighted by Gasteiger charge is -2.03. The average Bonchev–Trinajstić information content (AvgIpc) is 2.62. The molecule has 7 nitrogen and oxygen atoms in total. The van der Waals surface area contributed by atoms with Gasteiger partial charge in [-0.2, -0.15) is 0 Å². The summed E-state index contributed by atoms with van der Waals surface area (Å²) in [5.74, 6) is -1.32. The van der Waals surface area contributed by atoms with Crippen molar-refractivity contribution in [3.63, 3.8) is 0 Å². The van der Waals surface area contributed by atoms with Crippen LogP contribution < -0.4 is 5.73 Å². The number of carbonyl (C=O) groups is 2. The molecule has 0 fully saturated rings. The van der Waals surface area contributed by atoms with Crippen molar-refractivity contribution in [2.24, 2.45) is 5.73 Å². The summed E-state index contributed by atoms with van der Waals surface area (Å²) in [6.07, 6.45) is 2.39. The lowest BCUT2D eigenvalue weighted by atomic mass is 10.3. The van der Waals surface area contributed by atoms with Crippen molar-refractivity contribution in [3.05, 3.63) is 6.33 Å². The molecule has 88 valence electrons. The summed E-state index contributed by atoms with van der Waals surface area (Å²) < 4.78 is 1.70. The Labute approximate surface area is 96.0 Å². The summed E-state index contributed by atoms with van der Waals surface area (Å²) >= 11 is 1.09. The van der Waals surface area contributed by atoms with Crippen LogP contribution in [-0.2, 0) is 16.1 Å². The number of aromatic nitrogens is 3. The van der Waals surface area contributed by atoms with Gasteiger partial charge >= 0.3 is 5.97 Å². The Bertz CT molecular complexity index is 379. The number of carboxylic acids is 1. The van der Waals surface area contributed by atoms with Gasteiger partial charge < -0.3 is 15.4 Å². The van der Waals surface area contributed by atoms with Crippen LogP contribution in [-0.4, -0.2) is 37.5 Å². The van der Waals surface area contributed by atoms with Gasteiger partial charge in [0.05, 0.1) is 5.75 Å². The Morgan fingerprint density at radius 2 is 2.31 bits per heavy atom. The lowest BCUT2D eigenvalue weighted by Crippen LogP contribution is -2.11. The van der Waals surface area contributed by atoms with Gasteiger partial charge in [0.1, 0.15) is 6.33 Å². The molecule has 0 aliphatic heterocycles. The molecule has 0 saturated carbocycles. The minimum Gasteiger partial charge on any atom is -0.481 e. The summed E-state index contributed by atoms with van der Waals surface area (Å²) in [5, 5.41) is 16.5. The van der Waals surface area contributed by atoms with E-state index in [4.69, 9.17) is 10.8 Å². The van der Waals surface area contributed by atoms with Crippen LogP contribution in [0.25, 0.3) is 0 Å². The Morgan fingerprint density at radius 1 is 1.56 bits per heavy atom. The third-order valence-electron chi connectivity index (χ3n) is 1.73. The quantitative estimate of drug-likeness (QED) is 0.638. The van der Waals surface area contributed by atoms with Gasteiger partial charge in [-0.15, -0.1) is 10.2 Å². The first kappa shape index (κ1) is 12.5. The van der Waals surface area contributed by atoms with Gasteiger partial charge in [0.15, 0.2) is 5.16 Å². The van der Waals surface area contributed by atoms with Gasteiger partial charge in [0.25, 0.3) is 0 Å². The van der Waals surface area contributed by atoms with Crippen LogP contribution in [0.2, 0.25) is 0 Å². The van der Waals surface area contributed by atoms with E-state index >= 15 is 0 Å². The highest BCUT2D eigenvalue weighted by atomic mass is 32.2. The van der Waals surface area contributed by atoms with Crippen LogP contribution in [0.1, 0.15) is 12.8 Å². The second-order valence-corrected chi connectivity index (χ2v) is 4.00. The Balaban J connectivity index is 2.43. The number of thioether (sulfide) groups is 1. The number of nitrogens with zero attached hydrogens (tertiary/aromatic N) is 3. The highest BCUT2D eigenvalue weighted by Crippen LogP contribution is 2.14. The number of carbonyl (C=O) groups excluding carboxylic acids is 1. The fourth-order valence-corrected chi connectivity index (χ4v) is 1.72. The third kappa shape index (κ3) is 4.30. The molecule has 1 aromatic heterocycles. The molecule has 1 aromatic rings. The molecule has 8 heteroatoms. The van der Waals surface area contributed by atoms with Gasteiger partial charge in [0, 0.05) is 13.0 Å². The average molecular weight is 244 g/mol. The van der Waals surface area contributed by atoms with Gasteiger partial charge in [-0.3, -0.25) is 9.59 Å². The predicted molar refractivity (Wildman–Crippen MR) is 56.8 cm³/mol. The monoisotopic (exact) mass is 244 g/mol. The number of nitrogens with two attached hydrogens (primary N) is 1. The first-order chi connectivity index (χ1) is 7.59. The Kier molecular flexibility index (Phi) is 4.77. The van der Waals surface area contributed by atoms with E-state index in [1.807, 2.05) is 0 Å². The maximum atomic E-state index is 10.5. The topological polar surface area (TPSA) is 111 Å². The molecule has 0 aliphatic carbocycles. The summed E-state index contributed by atoms with van der Waals surface area (Å²) in [6.45, 7) is 0.553. The minimum atomic E-state index is -0.906. The van der Waals surface area contributed by atoms with Crippen LogP contribution in [0, 0.1) is 0 Å². The van der Waals surface area contributed by atoms with E-state index in [0.29, 0.717) is 24.5 Å². The van der Waals surface area contributed by atoms with Crippen molar-refractivity contribution in [1.82, 2.24) is 14.8 Å². The maximum Gasteiger partial charge on any atom is 0.313 e. The molecule has 0 aliphatic rings. The molecule has 1 rings (SSSR count). The summed E-state index contributed by atoms with van der Waals surface area (Å²) in [6, 6.07) is 0. The van der Waals surface area contributed by atoms with Crippen molar-refractivity contribution in [2.45, 2.75) is 24.5 Å². The number of hydrogen-bond acceptors (Lipinski definition) is 5. The van der Waals surface area contributed by atoms with Crippen molar-refractivity contribution in [3.8, 4) is 0 Å². The molecule has 1 heterocycles. The van der Waals surface area contributed by atoms with Gasteiger partial charge in [0.2, 0.25) is 5.91 Å². The van der Waals surface area contributed by atoms with Crippen molar-refractivity contribution < 1.29 is 14.7 Å². The normalized spacial score (nSPS) is 10.2. The van der Waals surface area contributed by atoms with Crippen molar-refractivity contribution in [1.29, 1.82) is 0 Å². The third-order valence-corrected chi connectivity index (χ3v) is 2.69. The predicted octanol–water partition coefficient (Wildman–Crippen LogP) is -0.280. The van der Waals surface area contributed by atoms with Crippen LogP contribution in [0.4, 0.5) is 0 Å². The van der Waals surface area contributed by atoms with E-state index in [-0.39, 0.29) is 11.7 Å². The van der Waals surface area contributed by atoms with E-state index in [0.717, 1.165) is 11.8 Å². The van der Waals surface area contributed by atoms with Gasteiger partial charge in [-0.1, -0.05) is 11.8 Å². The van der Waals surface area contributed by atoms with E-state index in [2.05, 4.69) is 10.2 Å². The molecule has 0 spiro atoms. The Hall–Kier alpha value is -1.57. The molecule has 0 bridgehead atoms. The van der Waals surface area contributed by atoms with E-state index < -0.39 is 5.97 Å². The Morgan fingerprint density at radius 3 is 2.94 bits per heavy atom. The first-order valence-electron chi connectivity index (χ1n) is 4.60. The highest BCUT2D eigenvalue weighted by Gasteiger charge is 2.07. The highest BCUT2D eigenvalue weighted by molar-refractivity contribution is 7.99. The van der Waals surface area contributed by atoms with Crippen molar-refractivity contribution in [2.75, 3.05) is 5.75 Å². The molecule has 3 N–H and O–H groups in total. The van der Waals surface area contributed by atoms with E-state index in [9.17, 15) is 9.59 Å². The largest absolute Gasteiger partial charge is 0.481 e. The zero-order chi connectivity index (χ0) is 12.0. The summed E-state index contributed by atoms with van der Waals surface area (Å²) in [7, 11) is 0. The van der Waals surface area contributed by atoms with Crippen LogP contribution in [0.3, 0.4) is 0 Å². The smallest absolute Gasteiger partial charge is 0.313 e. The lowest BCUT2D eigenvalue weighted by molar-refractivity contribution is -0.133. The zero-order valence-electron chi connectivity index (χ0n) is 8.50. The molecule has 1 amide bonds. The van der Waals surface area contributed by atoms with Gasteiger partial charge in [-0.05, 0) is 6.42 Å². The molecular formula is C8H12N4O3S. The first-order valence-corrected chi connectivity index (χ1v) is 5.59. The number of carboxylic acid groups (broad SMARTS) is 1. The number of primary amides is 1.